The molecule has 2 aromatic rings. The van der Waals surface area contributed by atoms with Crippen LogP contribution in [0, 0.1) is 5.82 Å². The maximum atomic E-state index is 13.8. The number of benzene rings is 2. The SMILES string of the molecule is COc1ccc(C2CCCN2C(=O)Nc2ccccc2F)cc1OC. The van der Waals surface area contributed by atoms with Crippen molar-refractivity contribution in [3.8, 4) is 11.5 Å². The van der Waals surface area contributed by atoms with E-state index < -0.39 is 5.82 Å². The van der Waals surface area contributed by atoms with Crippen molar-refractivity contribution in [2.45, 2.75) is 18.9 Å². The van der Waals surface area contributed by atoms with E-state index in [2.05, 4.69) is 5.32 Å². The van der Waals surface area contributed by atoms with Gasteiger partial charge >= 0.3 is 6.03 Å². The van der Waals surface area contributed by atoms with Gasteiger partial charge in [0.05, 0.1) is 25.9 Å². The minimum absolute atomic E-state index is 0.0772. The molecule has 0 spiro atoms. The van der Waals surface area contributed by atoms with Gasteiger partial charge in [-0.05, 0) is 42.7 Å². The van der Waals surface area contributed by atoms with E-state index in [-0.39, 0.29) is 17.8 Å². The summed E-state index contributed by atoms with van der Waals surface area (Å²) in [6.07, 6.45) is 1.74. The first-order chi connectivity index (χ1) is 12.1. The molecule has 1 fully saturated rings. The van der Waals surface area contributed by atoms with Gasteiger partial charge in [0.15, 0.2) is 11.5 Å². The Kier molecular flexibility index (Phi) is 5.07. The lowest BCUT2D eigenvalue weighted by Gasteiger charge is -2.26. The molecule has 132 valence electrons. The molecule has 0 saturated carbocycles. The molecule has 0 bridgehead atoms. The Labute approximate surface area is 146 Å². The topological polar surface area (TPSA) is 50.8 Å². The van der Waals surface area contributed by atoms with Crippen molar-refractivity contribution in [2.24, 2.45) is 0 Å². The molecule has 25 heavy (non-hydrogen) atoms. The smallest absolute Gasteiger partial charge is 0.322 e. The summed E-state index contributed by atoms with van der Waals surface area (Å²) >= 11 is 0. The zero-order valence-corrected chi connectivity index (χ0v) is 14.3. The Bertz CT molecular complexity index is 766. The second-order valence-electron chi connectivity index (χ2n) is 5.88. The zero-order chi connectivity index (χ0) is 17.8. The van der Waals surface area contributed by atoms with Crippen LogP contribution in [-0.4, -0.2) is 31.7 Å². The predicted octanol–water partition coefficient (Wildman–Crippen LogP) is 4.21. The normalized spacial score (nSPS) is 16.6. The third kappa shape index (κ3) is 3.52. The van der Waals surface area contributed by atoms with Crippen molar-refractivity contribution < 1.29 is 18.7 Å². The number of urea groups is 1. The maximum Gasteiger partial charge on any atom is 0.322 e. The van der Waals surface area contributed by atoms with Crippen LogP contribution in [0.4, 0.5) is 14.9 Å². The number of hydrogen-bond donors (Lipinski definition) is 1. The quantitative estimate of drug-likeness (QED) is 0.904. The average Bonchev–Trinajstić information content (AvgIpc) is 3.13. The van der Waals surface area contributed by atoms with Gasteiger partial charge in [-0.25, -0.2) is 9.18 Å². The van der Waals surface area contributed by atoms with Crippen LogP contribution < -0.4 is 14.8 Å². The number of hydrogen-bond acceptors (Lipinski definition) is 3. The summed E-state index contributed by atoms with van der Waals surface area (Å²) in [5.74, 6) is 0.825. The number of carbonyl (C=O) groups is 1. The van der Waals surface area contributed by atoms with Crippen LogP contribution in [0.25, 0.3) is 0 Å². The standard InChI is InChI=1S/C19H21FN2O3/c1-24-17-10-9-13(12-18(17)25-2)16-8-5-11-22(16)19(23)21-15-7-4-3-6-14(15)20/h3-4,6-7,9-10,12,16H,5,8,11H2,1-2H3,(H,21,23). The Balaban J connectivity index is 1.80. The van der Waals surface area contributed by atoms with Crippen LogP contribution in [0.1, 0.15) is 24.4 Å². The highest BCUT2D eigenvalue weighted by Gasteiger charge is 2.31. The molecule has 6 heteroatoms. The summed E-state index contributed by atoms with van der Waals surface area (Å²) in [5.41, 5.74) is 1.16. The highest BCUT2D eigenvalue weighted by molar-refractivity contribution is 5.90. The second kappa shape index (κ2) is 7.42. The van der Waals surface area contributed by atoms with Crippen LogP contribution in [0.3, 0.4) is 0 Å². The molecule has 1 unspecified atom stereocenters. The van der Waals surface area contributed by atoms with Crippen LogP contribution >= 0.6 is 0 Å². The first kappa shape index (κ1) is 17.1. The van der Waals surface area contributed by atoms with Gasteiger partial charge in [-0.15, -0.1) is 0 Å². The van der Waals surface area contributed by atoms with Gasteiger partial charge in [0.2, 0.25) is 0 Å². The van der Waals surface area contributed by atoms with Crippen LogP contribution in [0.2, 0.25) is 0 Å². The minimum atomic E-state index is -0.447. The predicted molar refractivity (Wildman–Crippen MR) is 93.6 cm³/mol. The molecule has 1 heterocycles. The first-order valence-electron chi connectivity index (χ1n) is 8.18. The van der Waals surface area contributed by atoms with Crippen molar-refractivity contribution in [1.82, 2.24) is 4.90 Å². The fourth-order valence-corrected chi connectivity index (χ4v) is 3.17. The number of methoxy groups -OCH3 is 2. The summed E-state index contributed by atoms with van der Waals surface area (Å²) in [6.45, 7) is 0.624. The number of carbonyl (C=O) groups excluding carboxylic acids is 1. The molecule has 3 rings (SSSR count). The van der Waals surface area contributed by atoms with E-state index in [0.29, 0.717) is 18.0 Å². The van der Waals surface area contributed by atoms with Gasteiger partial charge in [-0.2, -0.15) is 0 Å². The molecule has 0 aromatic heterocycles. The Morgan fingerprint density at radius 1 is 1.16 bits per heavy atom. The molecule has 2 aromatic carbocycles. The van der Waals surface area contributed by atoms with Gasteiger partial charge in [-0.1, -0.05) is 18.2 Å². The van der Waals surface area contributed by atoms with Gasteiger partial charge in [0, 0.05) is 6.54 Å². The Hall–Kier alpha value is -2.76. The maximum absolute atomic E-state index is 13.8. The van der Waals surface area contributed by atoms with Crippen LogP contribution in [0.15, 0.2) is 42.5 Å². The molecule has 0 aliphatic carbocycles. The monoisotopic (exact) mass is 344 g/mol. The number of rotatable bonds is 4. The second-order valence-corrected chi connectivity index (χ2v) is 5.88. The van der Waals surface area contributed by atoms with Crippen molar-refractivity contribution in [3.05, 3.63) is 53.8 Å². The van der Waals surface area contributed by atoms with E-state index in [1.165, 1.54) is 6.07 Å². The third-order valence-electron chi connectivity index (χ3n) is 4.42. The van der Waals surface area contributed by atoms with Crippen molar-refractivity contribution in [1.29, 1.82) is 0 Å². The number of likely N-dealkylation sites (tertiary alicyclic amines) is 1. The van der Waals surface area contributed by atoms with E-state index in [4.69, 9.17) is 9.47 Å². The largest absolute Gasteiger partial charge is 0.493 e. The number of nitrogens with one attached hydrogen (secondary N) is 1. The van der Waals surface area contributed by atoms with Gasteiger partial charge in [0.1, 0.15) is 5.82 Å². The van der Waals surface area contributed by atoms with Crippen molar-refractivity contribution in [2.75, 3.05) is 26.1 Å². The molecule has 5 nitrogen and oxygen atoms in total. The summed E-state index contributed by atoms with van der Waals surface area (Å²) < 4.78 is 24.4. The first-order valence-corrected chi connectivity index (χ1v) is 8.18. The highest BCUT2D eigenvalue weighted by Crippen LogP contribution is 2.37. The number of anilines is 1. The molecule has 2 amide bonds. The molecule has 1 saturated heterocycles. The molecular weight excluding hydrogens is 323 g/mol. The fraction of sp³-hybridized carbons (Fsp3) is 0.316. The third-order valence-corrected chi connectivity index (χ3v) is 4.42. The molecule has 0 radical (unpaired) electrons. The van der Waals surface area contributed by atoms with Crippen molar-refractivity contribution >= 4 is 11.7 Å². The molecule has 1 aliphatic rings. The van der Waals surface area contributed by atoms with Gasteiger partial charge in [0.25, 0.3) is 0 Å². The van der Waals surface area contributed by atoms with E-state index in [1.807, 2.05) is 18.2 Å². The van der Waals surface area contributed by atoms with E-state index in [9.17, 15) is 9.18 Å². The molecule has 1 N–H and O–H groups in total. The van der Waals surface area contributed by atoms with Crippen molar-refractivity contribution in [3.63, 3.8) is 0 Å². The van der Waals surface area contributed by atoms with Gasteiger partial charge < -0.3 is 19.7 Å². The number of amides is 2. The fourth-order valence-electron chi connectivity index (χ4n) is 3.17. The van der Waals surface area contributed by atoms with Crippen LogP contribution in [0.5, 0.6) is 11.5 Å². The number of halogens is 1. The average molecular weight is 344 g/mol. The lowest BCUT2D eigenvalue weighted by Crippen LogP contribution is -2.34. The summed E-state index contributed by atoms with van der Waals surface area (Å²) in [7, 11) is 3.17. The summed E-state index contributed by atoms with van der Waals surface area (Å²) in [4.78, 5) is 14.4. The van der Waals surface area contributed by atoms with Gasteiger partial charge in [-0.3, -0.25) is 0 Å². The number of ether oxygens (including phenoxy) is 2. The number of nitrogens with zero attached hydrogens (tertiary/aromatic N) is 1. The van der Waals surface area contributed by atoms with E-state index in [0.717, 1.165) is 18.4 Å². The Morgan fingerprint density at radius 3 is 2.64 bits per heavy atom. The molecule has 1 atom stereocenters. The Morgan fingerprint density at radius 2 is 1.92 bits per heavy atom. The minimum Gasteiger partial charge on any atom is -0.493 e. The molecule has 1 aliphatic heterocycles. The lowest BCUT2D eigenvalue weighted by molar-refractivity contribution is 0.207. The van der Waals surface area contributed by atoms with E-state index >= 15 is 0 Å². The summed E-state index contributed by atoms with van der Waals surface area (Å²) in [6, 6.07) is 11.4. The van der Waals surface area contributed by atoms with E-state index in [1.54, 1.807) is 37.3 Å². The lowest BCUT2D eigenvalue weighted by atomic mass is 10.0. The highest BCUT2D eigenvalue weighted by atomic mass is 19.1. The molecular formula is C19H21FN2O3. The zero-order valence-electron chi connectivity index (χ0n) is 14.3. The summed E-state index contributed by atoms with van der Waals surface area (Å²) in [5, 5.41) is 2.66. The number of para-hydroxylation sites is 1. The van der Waals surface area contributed by atoms with Crippen LogP contribution in [-0.2, 0) is 0 Å².